The maximum absolute atomic E-state index is 14.2. The topological polar surface area (TPSA) is 52.4 Å². The average molecular weight is 827 g/mol. The Hall–Kier alpha value is -6.02. The van der Waals surface area contributed by atoms with Crippen LogP contribution >= 0.6 is 14.7 Å². The van der Waals surface area contributed by atoms with Gasteiger partial charge in [0.1, 0.15) is 39.3 Å². The monoisotopic (exact) mass is 826 g/mol. The summed E-state index contributed by atoms with van der Waals surface area (Å²) in [6.45, 7) is 0.987. The van der Waals surface area contributed by atoms with E-state index in [0.29, 0.717) is 25.1 Å². The number of ether oxygens (including phenoxy) is 1. The highest BCUT2D eigenvalue weighted by Crippen LogP contribution is 2.65. The maximum Gasteiger partial charge on any atom is 0.342 e. The predicted molar refractivity (Wildman–Crippen MR) is 249 cm³/mol. The second-order valence-corrected chi connectivity index (χ2v) is 20.3. The molecule has 8 rings (SSSR count). The van der Waals surface area contributed by atoms with E-state index in [1.807, 2.05) is 60.7 Å². The Morgan fingerprint density at radius 1 is 0.458 bits per heavy atom. The second-order valence-electron chi connectivity index (χ2n) is 13.9. The summed E-state index contributed by atoms with van der Waals surface area (Å²) >= 11 is 0. The molecule has 0 amide bonds. The van der Waals surface area contributed by atoms with Crippen molar-refractivity contribution in [3.8, 4) is 0 Å². The number of nitrogens with zero attached hydrogens (tertiary/aromatic N) is 1. The third-order valence-electron chi connectivity index (χ3n) is 10.3. The van der Waals surface area contributed by atoms with Gasteiger partial charge in [-0.1, -0.05) is 133 Å². The third-order valence-corrected chi connectivity index (χ3v) is 18.3. The van der Waals surface area contributed by atoms with Gasteiger partial charge in [0.2, 0.25) is 0 Å². The molecule has 8 aromatic carbocycles. The smallest absolute Gasteiger partial charge is 0.342 e. The fourth-order valence-corrected chi connectivity index (χ4v) is 15.6. The molecule has 7 heteroatoms. The second kappa shape index (κ2) is 19.6. The van der Waals surface area contributed by atoms with Gasteiger partial charge in [0.05, 0.1) is 24.6 Å². The zero-order valence-corrected chi connectivity index (χ0v) is 35.1. The van der Waals surface area contributed by atoms with Crippen LogP contribution in [-0.2, 0) is 4.74 Å². The molecule has 0 unspecified atom stereocenters. The molecule has 0 aliphatic heterocycles. The molecule has 4 nitrogen and oxygen atoms in total. The highest BCUT2D eigenvalue weighted by molar-refractivity contribution is 8.01. The van der Waals surface area contributed by atoms with Gasteiger partial charge in [-0.15, -0.1) is 5.69 Å². The molecule has 8 aromatic rings. The van der Waals surface area contributed by atoms with Gasteiger partial charge < -0.3 is 27.5 Å². The Morgan fingerprint density at radius 2 is 0.847 bits per heavy atom. The van der Waals surface area contributed by atoms with Gasteiger partial charge in [-0.25, -0.2) is 4.79 Å². The first kappa shape index (κ1) is 41.2. The number of carbonyl (C=O) groups excluding carboxylic acids is 1. The van der Waals surface area contributed by atoms with E-state index in [2.05, 4.69) is 175 Å². The number of hydrogen-bond acceptors (Lipinski definition) is 3. The van der Waals surface area contributed by atoms with E-state index in [4.69, 9.17) is 9.82 Å². The van der Waals surface area contributed by atoms with Crippen molar-refractivity contribution in [1.82, 2.24) is 0 Å². The van der Waals surface area contributed by atoms with E-state index in [-0.39, 0.29) is 18.4 Å². The first-order valence-corrected chi connectivity index (χ1v) is 23.2. The molecule has 0 spiro atoms. The number of rotatable bonds is 15. The van der Waals surface area contributed by atoms with Crippen molar-refractivity contribution in [3.63, 3.8) is 0 Å². The molecule has 0 saturated heterocycles. The molecule has 0 aliphatic carbocycles. The highest BCUT2D eigenvalue weighted by atomic mass is 35.5. The minimum Gasteiger partial charge on any atom is -1.00 e. The molecule has 0 aromatic heterocycles. The van der Waals surface area contributed by atoms with Crippen molar-refractivity contribution in [3.05, 3.63) is 241 Å². The van der Waals surface area contributed by atoms with Crippen LogP contribution < -0.4 is 54.9 Å². The number of benzene rings is 8. The molecular formula is C52H45ClN2O2P2. The fraction of sp³-hybridized carbons (Fsp3) is 0.0577. The van der Waals surface area contributed by atoms with Crippen molar-refractivity contribution >= 4 is 69.2 Å². The molecule has 292 valence electrons. The number of anilines is 1. The SMILES string of the molecule is O=C(OCCCNc1ccccc1)c1ccccc1[P+]([N-]c1ccc([P+](c2ccccc2)(c2ccccc2)c2ccccc2)cc1)(c1ccccc1)c1ccccc1.[Cl-]. The molecule has 1 N–H and O–H groups in total. The van der Waals surface area contributed by atoms with Crippen molar-refractivity contribution < 1.29 is 21.9 Å². The van der Waals surface area contributed by atoms with Crippen LogP contribution in [0.25, 0.3) is 5.09 Å². The van der Waals surface area contributed by atoms with Gasteiger partial charge in [-0.05, 0) is 103 Å². The number of para-hydroxylation sites is 1. The van der Waals surface area contributed by atoms with Crippen molar-refractivity contribution in [2.24, 2.45) is 0 Å². The summed E-state index contributed by atoms with van der Waals surface area (Å²) in [5, 5.41) is 17.3. The summed E-state index contributed by atoms with van der Waals surface area (Å²) in [4.78, 5) is 14.2. The maximum atomic E-state index is 14.2. The summed E-state index contributed by atoms with van der Waals surface area (Å²) < 4.78 is 6.00. The minimum atomic E-state index is -2.86. The Morgan fingerprint density at radius 3 is 1.32 bits per heavy atom. The normalized spacial score (nSPS) is 11.2. The van der Waals surface area contributed by atoms with Crippen LogP contribution in [0.1, 0.15) is 16.8 Å². The van der Waals surface area contributed by atoms with Gasteiger partial charge in [0, 0.05) is 12.2 Å². The molecule has 59 heavy (non-hydrogen) atoms. The number of nitrogens with one attached hydrogen (secondary N) is 1. The van der Waals surface area contributed by atoms with Gasteiger partial charge in [0.15, 0.2) is 0 Å². The largest absolute Gasteiger partial charge is 1.00 e. The zero-order valence-electron chi connectivity index (χ0n) is 32.6. The number of hydrogen-bond donors (Lipinski definition) is 1. The average Bonchev–Trinajstić information content (AvgIpc) is 3.31. The molecule has 0 bridgehead atoms. The Labute approximate surface area is 355 Å². The number of halogens is 1. The van der Waals surface area contributed by atoms with Gasteiger partial charge in [-0.2, -0.15) is 0 Å². The zero-order chi connectivity index (χ0) is 39.5. The third kappa shape index (κ3) is 8.73. The predicted octanol–water partition coefficient (Wildman–Crippen LogP) is 6.88. The molecule has 0 heterocycles. The van der Waals surface area contributed by atoms with Crippen LogP contribution in [0.2, 0.25) is 0 Å². The minimum absolute atomic E-state index is 0. The van der Waals surface area contributed by atoms with Crippen LogP contribution in [0.15, 0.2) is 231 Å². The lowest BCUT2D eigenvalue weighted by molar-refractivity contribution is -0.0000290. The molecule has 0 atom stereocenters. The standard InChI is InChI=1S/C52H45N2O2P2.ClH/c55-52(56-41-21-40-53-42-22-7-1-8-23-42)50-34-19-20-35-51(50)58(48-30-15-5-16-31-48,49-32-17-6-18-33-49)54-43-36-38-47(39-37-43)57(44-24-9-2-10-25-44,45-26-11-3-12-27-45)46-28-13-4-14-29-46;/h1-20,22-39,53H,21,40-41H2;1H/q+1;/p-1. The van der Waals surface area contributed by atoms with E-state index < -0.39 is 14.7 Å². The summed E-state index contributed by atoms with van der Waals surface area (Å²) in [5.74, 6) is -0.347. The summed E-state index contributed by atoms with van der Waals surface area (Å²) in [7, 11) is -5.16. The quantitative estimate of drug-likeness (QED) is 0.0698. The summed E-state index contributed by atoms with van der Waals surface area (Å²) in [6.07, 6.45) is 0.677. The lowest BCUT2D eigenvalue weighted by atomic mass is 10.2. The Bertz CT molecular complexity index is 2380. The highest BCUT2D eigenvalue weighted by Gasteiger charge is 2.48. The van der Waals surface area contributed by atoms with Crippen LogP contribution in [-0.4, -0.2) is 19.1 Å². The van der Waals surface area contributed by atoms with Gasteiger partial charge in [0.25, 0.3) is 0 Å². The van der Waals surface area contributed by atoms with E-state index in [9.17, 15) is 4.79 Å². The first-order valence-electron chi connectivity index (χ1n) is 19.7. The summed E-state index contributed by atoms with van der Waals surface area (Å²) in [5.41, 5.74) is 2.41. The van der Waals surface area contributed by atoms with Crippen LogP contribution in [0.5, 0.6) is 0 Å². The van der Waals surface area contributed by atoms with Crippen molar-refractivity contribution in [2.45, 2.75) is 6.42 Å². The molecular weight excluding hydrogens is 782 g/mol. The van der Waals surface area contributed by atoms with E-state index in [1.54, 1.807) is 0 Å². The fourth-order valence-electron chi connectivity index (χ4n) is 7.68. The first-order chi connectivity index (χ1) is 28.7. The number of carbonyl (C=O) groups is 1. The van der Waals surface area contributed by atoms with Gasteiger partial charge in [-0.3, -0.25) is 0 Å². The molecule has 0 saturated carbocycles. The van der Waals surface area contributed by atoms with Crippen LogP contribution in [0, 0.1) is 0 Å². The van der Waals surface area contributed by atoms with E-state index >= 15 is 0 Å². The van der Waals surface area contributed by atoms with Crippen LogP contribution in [0.3, 0.4) is 0 Å². The molecule has 0 aliphatic rings. The van der Waals surface area contributed by atoms with Crippen molar-refractivity contribution in [1.29, 1.82) is 0 Å². The Kier molecular flexibility index (Phi) is 13.7. The number of esters is 1. The molecule has 0 fully saturated rings. The molecule has 0 radical (unpaired) electrons. The van der Waals surface area contributed by atoms with Crippen molar-refractivity contribution in [2.75, 3.05) is 18.5 Å². The van der Waals surface area contributed by atoms with Gasteiger partial charge >= 0.3 is 5.97 Å². The lowest BCUT2D eigenvalue weighted by Crippen LogP contribution is -3.00. The summed E-state index contributed by atoms with van der Waals surface area (Å²) in [6, 6.07) is 80.4. The van der Waals surface area contributed by atoms with E-state index in [0.717, 1.165) is 27.3 Å². The van der Waals surface area contributed by atoms with E-state index in [1.165, 1.54) is 21.2 Å². The lowest BCUT2D eigenvalue weighted by Gasteiger charge is -2.40. The Balaban J connectivity index is 0.00000528. The van der Waals surface area contributed by atoms with Crippen LogP contribution in [0.4, 0.5) is 11.4 Å².